The van der Waals surface area contributed by atoms with Gasteiger partial charge in [-0.3, -0.25) is 4.79 Å². The van der Waals surface area contributed by atoms with Crippen molar-refractivity contribution >= 4 is 0 Å². The van der Waals surface area contributed by atoms with E-state index in [4.69, 9.17) is 4.74 Å². The van der Waals surface area contributed by atoms with Crippen LogP contribution in [0.4, 0.5) is 0 Å². The van der Waals surface area contributed by atoms with Crippen LogP contribution >= 0.6 is 0 Å². The lowest BCUT2D eigenvalue weighted by atomic mass is 9.93. The van der Waals surface area contributed by atoms with E-state index in [-0.39, 0.29) is 11.1 Å². The fourth-order valence-electron chi connectivity index (χ4n) is 2.69. The van der Waals surface area contributed by atoms with Crippen molar-refractivity contribution in [2.75, 3.05) is 7.11 Å². The second-order valence-electron chi connectivity index (χ2n) is 5.27. The molecule has 1 heterocycles. The number of ether oxygens (including phenoxy) is 1. The van der Waals surface area contributed by atoms with Crippen LogP contribution in [0.1, 0.15) is 11.1 Å². The molecule has 2 aromatic carbocycles. The first-order chi connectivity index (χ1) is 12.2. The van der Waals surface area contributed by atoms with Gasteiger partial charge in [-0.15, -0.1) is 0 Å². The highest BCUT2D eigenvalue weighted by Crippen LogP contribution is 2.32. The lowest BCUT2D eigenvalue weighted by Gasteiger charge is -2.12. The predicted octanol–water partition coefficient (Wildman–Crippen LogP) is 3.46. The minimum absolute atomic E-state index is 0.0820. The molecule has 1 N–H and O–H groups in total. The van der Waals surface area contributed by atoms with Crippen LogP contribution in [0, 0.1) is 22.7 Å². The Bertz CT molecular complexity index is 1050. The number of nitrogens with one attached hydrogen (secondary N) is 1. The van der Waals surface area contributed by atoms with Gasteiger partial charge in [0.15, 0.2) is 0 Å². The van der Waals surface area contributed by atoms with E-state index in [9.17, 15) is 15.3 Å². The molecule has 0 bridgehead atoms. The Balaban J connectivity index is 2.36. The summed E-state index contributed by atoms with van der Waals surface area (Å²) in [5.41, 5.74) is 1.70. The number of hydrogen-bond acceptors (Lipinski definition) is 4. The summed E-state index contributed by atoms with van der Waals surface area (Å²) in [5, 5.41) is 19.2. The molecule has 0 spiro atoms. The van der Waals surface area contributed by atoms with Crippen molar-refractivity contribution in [3.63, 3.8) is 0 Å². The molecule has 25 heavy (non-hydrogen) atoms. The van der Waals surface area contributed by atoms with Gasteiger partial charge in [0.2, 0.25) is 0 Å². The van der Waals surface area contributed by atoms with E-state index in [0.29, 0.717) is 28.1 Å². The highest BCUT2D eigenvalue weighted by Gasteiger charge is 2.20. The van der Waals surface area contributed by atoms with Crippen molar-refractivity contribution in [2.45, 2.75) is 0 Å². The molecule has 0 aliphatic heterocycles. The number of hydrogen-bond donors (Lipinski definition) is 1. The number of aromatic nitrogens is 1. The van der Waals surface area contributed by atoms with Gasteiger partial charge in [0.1, 0.15) is 23.5 Å². The van der Waals surface area contributed by atoms with Crippen molar-refractivity contribution in [3.8, 4) is 40.3 Å². The summed E-state index contributed by atoms with van der Waals surface area (Å²) in [6, 6.07) is 20.0. The first-order valence-electron chi connectivity index (χ1n) is 7.50. The maximum atomic E-state index is 12.4. The number of rotatable bonds is 3. The lowest BCUT2D eigenvalue weighted by Crippen LogP contribution is -2.15. The molecule has 0 aliphatic rings. The summed E-state index contributed by atoms with van der Waals surface area (Å²) in [4.78, 5) is 15.1. The van der Waals surface area contributed by atoms with Gasteiger partial charge in [0, 0.05) is 5.56 Å². The summed E-state index contributed by atoms with van der Waals surface area (Å²) >= 11 is 0. The number of benzene rings is 2. The van der Waals surface area contributed by atoms with Gasteiger partial charge in [0.05, 0.1) is 18.4 Å². The maximum Gasteiger partial charge on any atom is 0.267 e. The van der Waals surface area contributed by atoms with Crippen molar-refractivity contribution in [1.82, 2.24) is 4.98 Å². The summed E-state index contributed by atoms with van der Waals surface area (Å²) < 4.78 is 5.14. The second-order valence-corrected chi connectivity index (χ2v) is 5.27. The van der Waals surface area contributed by atoms with E-state index in [1.807, 2.05) is 24.3 Å². The molecule has 0 saturated carbocycles. The van der Waals surface area contributed by atoms with Gasteiger partial charge in [-0.05, 0) is 23.3 Å². The van der Waals surface area contributed by atoms with Crippen LogP contribution in [0.25, 0.3) is 22.4 Å². The van der Waals surface area contributed by atoms with Crippen LogP contribution in [-0.2, 0) is 0 Å². The standard InChI is InChI=1S/C20H13N3O2/c1-25-15-9-7-13(8-10-15)18-16(11-21)19(14-5-3-2-4-6-14)23-20(24)17(18)12-22/h2-10H,1H3,(H,23,24). The van der Waals surface area contributed by atoms with Crippen LogP contribution in [0.3, 0.4) is 0 Å². The van der Waals surface area contributed by atoms with E-state index < -0.39 is 5.56 Å². The van der Waals surface area contributed by atoms with Gasteiger partial charge in [-0.2, -0.15) is 10.5 Å². The van der Waals surface area contributed by atoms with Crippen LogP contribution < -0.4 is 10.3 Å². The van der Waals surface area contributed by atoms with Crippen LogP contribution in [0.15, 0.2) is 59.4 Å². The average molecular weight is 327 g/mol. The quantitative estimate of drug-likeness (QED) is 0.797. The normalized spacial score (nSPS) is 9.88. The van der Waals surface area contributed by atoms with Crippen LogP contribution in [-0.4, -0.2) is 12.1 Å². The van der Waals surface area contributed by atoms with Crippen molar-refractivity contribution in [1.29, 1.82) is 10.5 Å². The van der Waals surface area contributed by atoms with E-state index in [1.165, 1.54) is 0 Å². The number of pyridine rings is 1. The molecule has 0 unspecified atom stereocenters. The molecule has 0 saturated heterocycles. The Morgan fingerprint density at radius 1 is 0.880 bits per heavy atom. The fraction of sp³-hybridized carbons (Fsp3) is 0.0500. The van der Waals surface area contributed by atoms with E-state index in [2.05, 4.69) is 11.1 Å². The van der Waals surface area contributed by atoms with Crippen molar-refractivity contribution in [2.24, 2.45) is 0 Å². The maximum absolute atomic E-state index is 12.4. The third-order valence-corrected chi connectivity index (χ3v) is 3.88. The number of methoxy groups -OCH3 is 1. The molecule has 5 heteroatoms. The average Bonchev–Trinajstić information content (AvgIpc) is 2.68. The molecule has 0 fully saturated rings. The zero-order valence-electron chi connectivity index (χ0n) is 13.4. The monoisotopic (exact) mass is 327 g/mol. The minimum atomic E-state index is -0.522. The van der Waals surface area contributed by atoms with Crippen molar-refractivity contribution < 1.29 is 4.74 Å². The van der Waals surface area contributed by atoms with Gasteiger partial charge in [0.25, 0.3) is 5.56 Å². The smallest absolute Gasteiger partial charge is 0.267 e. The SMILES string of the molecule is COc1ccc(-c2c(C#N)c(-c3ccccc3)[nH]c(=O)c2C#N)cc1. The summed E-state index contributed by atoms with van der Waals surface area (Å²) in [5.74, 6) is 0.647. The van der Waals surface area contributed by atoms with Crippen LogP contribution in [0.5, 0.6) is 5.75 Å². The molecule has 0 atom stereocenters. The third-order valence-electron chi connectivity index (χ3n) is 3.88. The molecule has 3 aromatic rings. The molecular weight excluding hydrogens is 314 g/mol. The third kappa shape index (κ3) is 2.87. The molecule has 120 valence electrons. The minimum Gasteiger partial charge on any atom is -0.497 e. The fourth-order valence-corrected chi connectivity index (χ4v) is 2.69. The molecule has 5 nitrogen and oxygen atoms in total. The Morgan fingerprint density at radius 3 is 2.08 bits per heavy atom. The number of nitrogens with zero attached hydrogens (tertiary/aromatic N) is 2. The molecule has 3 rings (SSSR count). The Morgan fingerprint density at radius 2 is 1.52 bits per heavy atom. The summed E-state index contributed by atoms with van der Waals surface area (Å²) in [6.07, 6.45) is 0. The number of aromatic amines is 1. The highest BCUT2D eigenvalue weighted by atomic mass is 16.5. The summed E-state index contributed by atoms with van der Waals surface area (Å²) in [7, 11) is 1.55. The predicted molar refractivity (Wildman–Crippen MR) is 93.9 cm³/mol. The number of nitriles is 2. The lowest BCUT2D eigenvalue weighted by molar-refractivity contribution is 0.415. The number of H-pyrrole nitrogens is 1. The molecule has 0 aliphatic carbocycles. The molecule has 0 radical (unpaired) electrons. The van der Waals surface area contributed by atoms with E-state index in [1.54, 1.807) is 43.5 Å². The topological polar surface area (TPSA) is 89.7 Å². The van der Waals surface area contributed by atoms with Crippen LogP contribution in [0.2, 0.25) is 0 Å². The van der Waals surface area contributed by atoms with E-state index >= 15 is 0 Å². The summed E-state index contributed by atoms with van der Waals surface area (Å²) in [6.45, 7) is 0. The zero-order valence-corrected chi connectivity index (χ0v) is 13.4. The first-order valence-corrected chi connectivity index (χ1v) is 7.50. The van der Waals surface area contributed by atoms with Crippen molar-refractivity contribution in [3.05, 3.63) is 76.1 Å². The molecular formula is C20H13N3O2. The van der Waals surface area contributed by atoms with Gasteiger partial charge >= 0.3 is 0 Å². The Kier molecular flexibility index (Phi) is 4.32. The van der Waals surface area contributed by atoms with E-state index in [0.717, 1.165) is 0 Å². The van der Waals surface area contributed by atoms with Gasteiger partial charge in [-0.25, -0.2) is 0 Å². The van der Waals surface area contributed by atoms with Gasteiger partial charge in [-0.1, -0.05) is 42.5 Å². The largest absolute Gasteiger partial charge is 0.497 e. The molecule has 1 aromatic heterocycles. The zero-order chi connectivity index (χ0) is 17.8. The van der Waals surface area contributed by atoms with Gasteiger partial charge < -0.3 is 9.72 Å². The Hall–Kier alpha value is -3.83. The first kappa shape index (κ1) is 16.0. The molecule has 0 amide bonds. The Labute approximate surface area is 144 Å². The second kappa shape index (κ2) is 6.74. The highest BCUT2D eigenvalue weighted by molar-refractivity contribution is 5.83.